The van der Waals surface area contributed by atoms with E-state index in [0.717, 1.165) is 25.9 Å². The molecule has 1 aliphatic heterocycles. The van der Waals surface area contributed by atoms with Gasteiger partial charge >= 0.3 is 6.18 Å². The molecule has 0 saturated carbocycles. The number of anilines is 2. The minimum Gasteiger partial charge on any atom is -0.373 e. The lowest BCUT2D eigenvalue weighted by Gasteiger charge is -2.29. The highest BCUT2D eigenvalue weighted by Gasteiger charge is 2.30. The van der Waals surface area contributed by atoms with Crippen LogP contribution in [-0.2, 0) is 12.0 Å². The Morgan fingerprint density at radius 1 is 1.14 bits per heavy atom. The second-order valence-electron chi connectivity index (χ2n) is 9.87. The van der Waals surface area contributed by atoms with Crippen molar-refractivity contribution in [2.75, 3.05) is 37.3 Å². The number of halogens is 3. The van der Waals surface area contributed by atoms with E-state index in [0.29, 0.717) is 28.1 Å². The Kier molecular flexibility index (Phi) is 7.60. The molecular formula is C27H30F3N7. The highest BCUT2D eigenvalue weighted by atomic mass is 19.4. The molecule has 1 saturated heterocycles. The number of piperidine rings is 1. The molecule has 0 atom stereocenters. The number of hydrogen-bond acceptors (Lipinski definition) is 6. The summed E-state index contributed by atoms with van der Waals surface area (Å²) in [5.74, 6) is 6.41. The van der Waals surface area contributed by atoms with Gasteiger partial charge in [0.1, 0.15) is 12.4 Å². The number of likely N-dealkylation sites (tertiary alicyclic amines) is 1. The summed E-state index contributed by atoms with van der Waals surface area (Å²) in [6, 6.07) is 9.28. The Morgan fingerprint density at radius 2 is 1.89 bits per heavy atom. The van der Waals surface area contributed by atoms with Crippen molar-refractivity contribution in [1.29, 1.82) is 5.26 Å². The fraction of sp³-hybridized carbons (Fsp3) is 0.444. The number of pyridine rings is 2. The quantitative estimate of drug-likeness (QED) is 0.466. The first-order valence-corrected chi connectivity index (χ1v) is 12.2. The number of fused-ring (bicyclic) bond motifs is 1. The van der Waals surface area contributed by atoms with Gasteiger partial charge in [0.2, 0.25) is 0 Å². The second kappa shape index (κ2) is 10.7. The van der Waals surface area contributed by atoms with Crippen LogP contribution in [0.4, 0.5) is 24.7 Å². The van der Waals surface area contributed by atoms with Crippen molar-refractivity contribution in [2.45, 2.75) is 50.9 Å². The van der Waals surface area contributed by atoms with Crippen LogP contribution in [-0.4, -0.2) is 58.3 Å². The van der Waals surface area contributed by atoms with Crippen molar-refractivity contribution in [3.8, 4) is 17.9 Å². The van der Waals surface area contributed by atoms with Gasteiger partial charge in [-0.3, -0.25) is 4.98 Å². The third-order valence-electron chi connectivity index (χ3n) is 6.51. The van der Waals surface area contributed by atoms with E-state index in [1.54, 1.807) is 44.3 Å². The Balaban J connectivity index is 1.54. The van der Waals surface area contributed by atoms with Crippen LogP contribution in [0.5, 0.6) is 0 Å². The van der Waals surface area contributed by atoms with Crippen LogP contribution in [0.25, 0.3) is 10.9 Å². The average molecular weight is 510 g/mol. The first-order chi connectivity index (χ1) is 17.6. The predicted octanol–water partition coefficient (Wildman–Crippen LogP) is 4.76. The van der Waals surface area contributed by atoms with E-state index in [1.165, 1.54) is 10.8 Å². The number of nitrogens with zero attached hydrogens (tertiary/aromatic N) is 5. The molecule has 0 bridgehead atoms. The molecule has 1 fully saturated rings. The molecule has 3 aromatic rings. The van der Waals surface area contributed by atoms with Gasteiger partial charge in [0.25, 0.3) is 0 Å². The molecule has 7 nitrogen and oxygen atoms in total. The van der Waals surface area contributed by atoms with Gasteiger partial charge in [-0.2, -0.15) is 18.4 Å². The van der Waals surface area contributed by atoms with Gasteiger partial charge in [-0.25, -0.2) is 4.98 Å². The number of rotatable bonds is 6. The molecule has 0 unspecified atom stereocenters. The van der Waals surface area contributed by atoms with Gasteiger partial charge in [-0.1, -0.05) is 5.92 Å². The van der Waals surface area contributed by atoms with Crippen LogP contribution >= 0.6 is 0 Å². The third kappa shape index (κ3) is 6.52. The first-order valence-electron chi connectivity index (χ1n) is 12.2. The van der Waals surface area contributed by atoms with E-state index >= 15 is 0 Å². The van der Waals surface area contributed by atoms with Crippen molar-refractivity contribution in [2.24, 2.45) is 0 Å². The summed E-state index contributed by atoms with van der Waals surface area (Å²) in [5.41, 5.74) is 1.39. The lowest BCUT2D eigenvalue weighted by molar-refractivity contribution is -0.140. The Bertz CT molecular complexity index is 1330. The lowest BCUT2D eigenvalue weighted by atomic mass is 9.91. The molecule has 4 heterocycles. The van der Waals surface area contributed by atoms with E-state index in [-0.39, 0.29) is 18.3 Å². The van der Waals surface area contributed by atoms with Crippen molar-refractivity contribution in [3.63, 3.8) is 0 Å². The molecule has 194 valence electrons. The molecule has 1 aliphatic rings. The normalized spacial score (nSPS) is 15.2. The number of alkyl halides is 3. The highest BCUT2D eigenvalue weighted by molar-refractivity contribution is 5.92. The van der Waals surface area contributed by atoms with Crippen molar-refractivity contribution < 1.29 is 13.2 Å². The zero-order valence-electron chi connectivity index (χ0n) is 21.2. The largest absolute Gasteiger partial charge is 0.406 e. The van der Waals surface area contributed by atoms with E-state index in [2.05, 4.69) is 50.5 Å². The van der Waals surface area contributed by atoms with E-state index in [4.69, 9.17) is 0 Å². The summed E-state index contributed by atoms with van der Waals surface area (Å²) in [6.07, 6.45) is 0.648. The number of nitriles is 1. The van der Waals surface area contributed by atoms with Crippen LogP contribution in [0, 0.1) is 23.2 Å². The highest BCUT2D eigenvalue weighted by Crippen LogP contribution is 2.30. The maximum atomic E-state index is 13.4. The van der Waals surface area contributed by atoms with Gasteiger partial charge < -0.3 is 20.1 Å². The fourth-order valence-electron chi connectivity index (χ4n) is 4.31. The Labute approximate surface area is 214 Å². The average Bonchev–Trinajstić information content (AvgIpc) is 3.20. The molecule has 0 aromatic carbocycles. The van der Waals surface area contributed by atoms with E-state index in [9.17, 15) is 18.4 Å². The zero-order chi connectivity index (χ0) is 26.6. The topological polar surface area (TPSA) is 81.8 Å². The zero-order valence-corrected chi connectivity index (χ0v) is 21.2. The predicted molar refractivity (Wildman–Crippen MR) is 138 cm³/mol. The van der Waals surface area contributed by atoms with Crippen molar-refractivity contribution in [1.82, 2.24) is 19.4 Å². The second-order valence-corrected chi connectivity index (χ2v) is 9.87. The molecule has 0 aliphatic carbocycles. The number of aromatic nitrogens is 3. The standard InChI is InChI=1S/C27H30F3N7/c1-26(2,17-31)24-7-6-20(16-34-24)32-11-4-5-21-15-22-23(37(21)18-27(28,29)30)8-12-33-25(22)35-19-9-13-36(3)14-10-19/h6-8,12,15-16,19,32H,9-11,13-14,18H2,1-3H3,(H,33,35). The summed E-state index contributed by atoms with van der Waals surface area (Å²) in [5, 5.41) is 16.4. The van der Waals surface area contributed by atoms with Gasteiger partial charge in [0.15, 0.2) is 0 Å². The lowest BCUT2D eigenvalue weighted by Crippen LogP contribution is -2.36. The van der Waals surface area contributed by atoms with Gasteiger partial charge in [-0.05, 0) is 77.0 Å². The van der Waals surface area contributed by atoms with E-state index in [1.807, 2.05) is 0 Å². The smallest absolute Gasteiger partial charge is 0.373 e. The number of hydrogen-bond donors (Lipinski definition) is 2. The minimum atomic E-state index is -4.39. The molecule has 0 amide bonds. The molecular weight excluding hydrogens is 479 g/mol. The van der Waals surface area contributed by atoms with Crippen molar-refractivity contribution >= 4 is 22.4 Å². The summed E-state index contributed by atoms with van der Waals surface area (Å²) < 4.78 is 41.5. The molecule has 10 heteroatoms. The molecule has 37 heavy (non-hydrogen) atoms. The van der Waals surface area contributed by atoms with Gasteiger partial charge in [-0.15, -0.1) is 0 Å². The molecule has 2 N–H and O–H groups in total. The van der Waals surface area contributed by atoms with Crippen LogP contribution in [0.15, 0.2) is 36.7 Å². The van der Waals surface area contributed by atoms with Crippen LogP contribution in [0.1, 0.15) is 38.1 Å². The maximum Gasteiger partial charge on any atom is 0.406 e. The summed E-state index contributed by atoms with van der Waals surface area (Å²) in [4.78, 5) is 11.0. The number of nitrogens with one attached hydrogen (secondary N) is 2. The Hall–Kier alpha value is -3.76. The first kappa shape index (κ1) is 26.3. The van der Waals surface area contributed by atoms with Gasteiger partial charge in [0.05, 0.1) is 46.8 Å². The minimum absolute atomic E-state index is 0.217. The van der Waals surface area contributed by atoms with E-state index < -0.39 is 18.1 Å². The molecule has 0 spiro atoms. The van der Waals surface area contributed by atoms with Crippen molar-refractivity contribution in [3.05, 3.63) is 48.0 Å². The summed E-state index contributed by atoms with van der Waals surface area (Å²) >= 11 is 0. The molecule has 4 rings (SSSR count). The van der Waals surface area contributed by atoms with Crippen LogP contribution in [0.3, 0.4) is 0 Å². The fourth-order valence-corrected chi connectivity index (χ4v) is 4.31. The summed E-state index contributed by atoms with van der Waals surface area (Å²) in [6.45, 7) is 4.58. The van der Waals surface area contributed by atoms with Gasteiger partial charge in [0, 0.05) is 17.6 Å². The van der Waals surface area contributed by atoms with Crippen LogP contribution in [0.2, 0.25) is 0 Å². The maximum absolute atomic E-state index is 13.4. The third-order valence-corrected chi connectivity index (χ3v) is 6.51. The Morgan fingerprint density at radius 3 is 2.54 bits per heavy atom. The molecule has 3 aromatic heterocycles. The molecule has 0 radical (unpaired) electrons. The van der Waals surface area contributed by atoms with Crippen LogP contribution < -0.4 is 10.6 Å². The SMILES string of the molecule is CN1CCC(Nc2nccc3c2cc(C#CCNc2ccc(C(C)(C)C#N)nc2)n3CC(F)(F)F)CC1. The monoisotopic (exact) mass is 509 g/mol. The summed E-state index contributed by atoms with van der Waals surface area (Å²) in [7, 11) is 2.08.